The Morgan fingerprint density at radius 3 is 2.69 bits per heavy atom. The van der Waals surface area contributed by atoms with Crippen molar-refractivity contribution in [2.45, 2.75) is 19.8 Å². The van der Waals surface area contributed by atoms with Gasteiger partial charge in [-0.15, -0.1) is 0 Å². The van der Waals surface area contributed by atoms with Crippen LogP contribution in [-0.4, -0.2) is 23.2 Å². The van der Waals surface area contributed by atoms with Gasteiger partial charge >= 0.3 is 5.97 Å². The summed E-state index contributed by atoms with van der Waals surface area (Å²) >= 11 is 0. The van der Waals surface area contributed by atoms with E-state index >= 15 is 0 Å². The van der Waals surface area contributed by atoms with Crippen molar-refractivity contribution in [1.29, 1.82) is 0 Å². The van der Waals surface area contributed by atoms with Crippen molar-refractivity contribution in [3.8, 4) is 5.88 Å². The predicted octanol–water partition coefficient (Wildman–Crippen LogP) is 1.96. The highest BCUT2D eigenvalue weighted by Gasteiger charge is 2.18. The Kier molecular flexibility index (Phi) is 3.76. The van der Waals surface area contributed by atoms with Gasteiger partial charge in [0.2, 0.25) is 5.88 Å². The molecule has 88 valence electrons. The summed E-state index contributed by atoms with van der Waals surface area (Å²) in [6.07, 6.45) is -3.08. The molecule has 1 aromatic heterocycles. The third kappa shape index (κ3) is 2.65. The van der Waals surface area contributed by atoms with Crippen LogP contribution in [0.5, 0.6) is 5.88 Å². The van der Waals surface area contributed by atoms with Gasteiger partial charge in [0.05, 0.1) is 19.2 Å². The molecule has 0 radical (unpaired) electrons. The SMILES string of the molecule is COc1cc(C(F)F)c(C)c(CC(=O)O)n1. The Balaban J connectivity index is 3.25. The number of alkyl halides is 2. The number of methoxy groups -OCH3 is 1. The number of pyridine rings is 1. The summed E-state index contributed by atoms with van der Waals surface area (Å²) in [6.45, 7) is 1.42. The Morgan fingerprint density at radius 1 is 1.62 bits per heavy atom. The van der Waals surface area contributed by atoms with Crippen molar-refractivity contribution in [1.82, 2.24) is 4.98 Å². The first kappa shape index (κ1) is 12.4. The molecule has 1 heterocycles. The molecule has 0 spiro atoms. The summed E-state index contributed by atoms with van der Waals surface area (Å²) in [6, 6.07) is 1.12. The monoisotopic (exact) mass is 231 g/mol. The van der Waals surface area contributed by atoms with Gasteiger partial charge in [0.1, 0.15) is 0 Å². The lowest BCUT2D eigenvalue weighted by molar-refractivity contribution is -0.136. The Labute approximate surface area is 90.9 Å². The van der Waals surface area contributed by atoms with Crippen LogP contribution in [0.3, 0.4) is 0 Å². The number of nitrogens with zero attached hydrogens (tertiary/aromatic N) is 1. The van der Waals surface area contributed by atoms with Crippen LogP contribution in [0.15, 0.2) is 6.07 Å². The van der Waals surface area contributed by atoms with Crippen LogP contribution in [0.1, 0.15) is 23.2 Å². The highest BCUT2D eigenvalue weighted by Crippen LogP contribution is 2.27. The maximum absolute atomic E-state index is 12.6. The minimum Gasteiger partial charge on any atom is -0.481 e. The van der Waals surface area contributed by atoms with Gasteiger partial charge in [-0.05, 0) is 12.5 Å². The zero-order valence-corrected chi connectivity index (χ0v) is 8.83. The summed E-state index contributed by atoms with van der Waals surface area (Å²) in [5, 5.41) is 8.62. The van der Waals surface area contributed by atoms with Crippen molar-refractivity contribution in [2.24, 2.45) is 0 Å². The minimum absolute atomic E-state index is 0.00264. The third-order valence-corrected chi connectivity index (χ3v) is 2.15. The van der Waals surface area contributed by atoms with Gasteiger partial charge in [-0.1, -0.05) is 0 Å². The van der Waals surface area contributed by atoms with E-state index in [1.165, 1.54) is 14.0 Å². The molecule has 1 N–H and O–H groups in total. The van der Waals surface area contributed by atoms with Gasteiger partial charge in [-0.2, -0.15) is 0 Å². The Hall–Kier alpha value is -1.72. The Morgan fingerprint density at radius 2 is 2.25 bits per heavy atom. The lowest BCUT2D eigenvalue weighted by atomic mass is 10.1. The molecule has 0 amide bonds. The average Bonchev–Trinajstić information content (AvgIpc) is 2.19. The van der Waals surface area contributed by atoms with E-state index < -0.39 is 18.8 Å². The van der Waals surface area contributed by atoms with Crippen LogP contribution in [0, 0.1) is 6.92 Å². The number of hydrogen-bond donors (Lipinski definition) is 1. The number of carbonyl (C=O) groups is 1. The van der Waals surface area contributed by atoms with Crippen LogP contribution >= 0.6 is 0 Å². The number of ether oxygens (including phenoxy) is 1. The fourth-order valence-electron chi connectivity index (χ4n) is 1.30. The van der Waals surface area contributed by atoms with E-state index in [9.17, 15) is 13.6 Å². The van der Waals surface area contributed by atoms with E-state index in [2.05, 4.69) is 4.98 Å². The number of carboxylic acids is 1. The largest absolute Gasteiger partial charge is 0.481 e. The topological polar surface area (TPSA) is 59.4 Å². The smallest absolute Gasteiger partial charge is 0.309 e. The van der Waals surface area contributed by atoms with E-state index in [1.807, 2.05) is 0 Å². The fraction of sp³-hybridized carbons (Fsp3) is 0.400. The molecule has 0 saturated heterocycles. The lowest BCUT2D eigenvalue weighted by Crippen LogP contribution is -2.08. The second kappa shape index (κ2) is 4.87. The van der Waals surface area contributed by atoms with Crippen LogP contribution < -0.4 is 4.74 Å². The number of rotatable bonds is 4. The molecule has 0 aliphatic rings. The number of aromatic nitrogens is 1. The van der Waals surface area contributed by atoms with Gasteiger partial charge in [0.25, 0.3) is 6.43 Å². The van der Waals surface area contributed by atoms with E-state index in [4.69, 9.17) is 9.84 Å². The molecule has 0 saturated carbocycles. The molecule has 0 bridgehead atoms. The molecule has 4 nitrogen and oxygen atoms in total. The second-order valence-electron chi connectivity index (χ2n) is 3.20. The first-order valence-corrected chi connectivity index (χ1v) is 4.50. The summed E-state index contributed by atoms with van der Waals surface area (Å²) in [5.74, 6) is -1.12. The molecule has 0 fully saturated rings. The minimum atomic E-state index is -2.68. The second-order valence-corrected chi connectivity index (χ2v) is 3.20. The molecule has 1 rings (SSSR count). The van der Waals surface area contributed by atoms with Gasteiger partial charge in [-0.3, -0.25) is 4.79 Å². The quantitative estimate of drug-likeness (QED) is 0.860. The highest BCUT2D eigenvalue weighted by molar-refractivity contribution is 5.70. The zero-order chi connectivity index (χ0) is 12.3. The molecule has 6 heteroatoms. The molecule has 16 heavy (non-hydrogen) atoms. The highest BCUT2D eigenvalue weighted by atomic mass is 19.3. The molecular formula is C10H11F2NO3. The van der Waals surface area contributed by atoms with E-state index in [0.29, 0.717) is 0 Å². The normalized spacial score (nSPS) is 10.6. The van der Waals surface area contributed by atoms with E-state index in [0.717, 1.165) is 6.07 Å². The molecule has 0 aliphatic heterocycles. The third-order valence-electron chi connectivity index (χ3n) is 2.15. The number of carboxylic acid groups (broad SMARTS) is 1. The molecule has 1 aromatic rings. The van der Waals surface area contributed by atoms with Crippen LogP contribution in [0.25, 0.3) is 0 Å². The van der Waals surface area contributed by atoms with Crippen LogP contribution in [0.2, 0.25) is 0 Å². The van der Waals surface area contributed by atoms with Gasteiger partial charge in [-0.25, -0.2) is 13.8 Å². The molecular weight excluding hydrogens is 220 g/mol. The fourth-order valence-corrected chi connectivity index (χ4v) is 1.30. The van der Waals surface area contributed by atoms with E-state index in [1.54, 1.807) is 0 Å². The first-order valence-electron chi connectivity index (χ1n) is 4.50. The summed E-state index contributed by atoms with van der Waals surface area (Å²) in [7, 11) is 1.29. The van der Waals surface area contributed by atoms with Crippen molar-refractivity contribution < 1.29 is 23.4 Å². The maximum atomic E-state index is 12.6. The Bertz CT molecular complexity index is 407. The van der Waals surface area contributed by atoms with E-state index in [-0.39, 0.29) is 22.7 Å². The van der Waals surface area contributed by atoms with Gasteiger partial charge in [0.15, 0.2) is 0 Å². The molecule has 0 aliphatic carbocycles. The average molecular weight is 231 g/mol. The summed E-state index contributed by atoms with van der Waals surface area (Å²) < 4.78 is 30.0. The number of halogens is 2. The maximum Gasteiger partial charge on any atom is 0.309 e. The zero-order valence-electron chi connectivity index (χ0n) is 8.83. The van der Waals surface area contributed by atoms with Crippen LogP contribution in [-0.2, 0) is 11.2 Å². The van der Waals surface area contributed by atoms with Crippen molar-refractivity contribution in [2.75, 3.05) is 7.11 Å². The number of hydrogen-bond acceptors (Lipinski definition) is 3. The van der Waals surface area contributed by atoms with Gasteiger partial charge < -0.3 is 9.84 Å². The van der Waals surface area contributed by atoms with Crippen molar-refractivity contribution in [3.63, 3.8) is 0 Å². The summed E-state index contributed by atoms with van der Waals surface area (Å²) in [4.78, 5) is 14.4. The predicted molar refractivity (Wildman–Crippen MR) is 51.8 cm³/mol. The summed E-state index contributed by atoms with van der Waals surface area (Å²) in [5.41, 5.74) is 0.0449. The van der Waals surface area contributed by atoms with Gasteiger partial charge in [0, 0.05) is 11.6 Å². The molecule has 0 atom stereocenters. The number of aliphatic carboxylic acids is 1. The molecule has 0 aromatic carbocycles. The lowest BCUT2D eigenvalue weighted by Gasteiger charge is -2.11. The van der Waals surface area contributed by atoms with Crippen molar-refractivity contribution in [3.05, 3.63) is 22.9 Å². The van der Waals surface area contributed by atoms with Crippen molar-refractivity contribution >= 4 is 5.97 Å². The standard InChI is InChI=1S/C10H11F2NO3/c1-5-6(10(11)12)3-8(16-2)13-7(5)4-9(14)15/h3,10H,4H2,1-2H3,(H,14,15). The molecule has 0 unspecified atom stereocenters. The van der Waals surface area contributed by atoms with Crippen LogP contribution in [0.4, 0.5) is 8.78 Å². The first-order chi connectivity index (χ1) is 7.45.